The molecular weight excluding hydrogens is 420 g/mol. The van der Waals surface area contributed by atoms with Gasteiger partial charge >= 0.3 is 0 Å². The molecule has 3 aliphatic heterocycles. The normalized spacial score (nSPS) is 38.3. The van der Waals surface area contributed by atoms with Crippen LogP contribution < -0.4 is 0 Å². The van der Waals surface area contributed by atoms with Crippen LogP contribution in [0.25, 0.3) is 0 Å². The van der Waals surface area contributed by atoms with Gasteiger partial charge in [0.25, 0.3) is 0 Å². The number of rotatable bonds is 15. The summed E-state index contributed by atoms with van der Waals surface area (Å²) in [5.41, 5.74) is 0. The molecule has 3 fully saturated rings. The molecule has 0 amide bonds. The van der Waals surface area contributed by atoms with Crippen LogP contribution >= 0.6 is 0 Å². The van der Waals surface area contributed by atoms with Crippen molar-refractivity contribution in [2.45, 2.75) is 160 Å². The maximum Gasteiger partial charge on any atom is 0.224 e. The Hall–Kier alpha value is -0.240. The zero-order chi connectivity index (χ0) is 23.8. The van der Waals surface area contributed by atoms with Crippen molar-refractivity contribution in [2.75, 3.05) is 13.2 Å². The zero-order valence-electron chi connectivity index (χ0n) is 21.7. The summed E-state index contributed by atoms with van der Waals surface area (Å²) in [5.74, 6) is -2.55. The Bertz CT molecular complexity index is 573. The van der Waals surface area contributed by atoms with Crippen LogP contribution in [0.3, 0.4) is 0 Å². The van der Waals surface area contributed by atoms with E-state index in [2.05, 4.69) is 13.8 Å². The van der Waals surface area contributed by atoms with Gasteiger partial charge in [0.1, 0.15) is 24.9 Å². The summed E-state index contributed by atoms with van der Waals surface area (Å²) in [6, 6.07) is 0. The summed E-state index contributed by atoms with van der Waals surface area (Å²) in [7, 11) is 0. The summed E-state index contributed by atoms with van der Waals surface area (Å²) in [4.78, 5) is 0. The van der Waals surface area contributed by atoms with Crippen molar-refractivity contribution >= 4 is 0 Å². The first-order valence-corrected chi connectivity index (χ1v) is 13.9. The molecular formula is C27H50O6. The number of fused-ring (bicyclic) bond motifs is 1. The molecule has 1 spiro atoms. The molecule has 0 bridgehead atoms. The average molecular weight is 471 g/mol. The van der Waals surface area contributed by atoms with Crippen molar-refractivity contribution in [3.05, 3.63) is 0 Å². The second kappa shape index (κ2) is 12.6. The topological polar surface area (TPSA) is 66.4 Å². The predicted molar refractivity (Wildman–Crippen MR) is 129 cm³/mol. The first kappa shape index (κ1) is 27.3. The third kappa shape index (κ3) is 7.37. The summed E-state index contributed by atoms with van der Waals surface area (Å²) in [6.07, 6.45) is 16.1. The highest BCUT2D eigenvalue weighted by Crippen LogP contribution is 2.47. The maximum atomic E-state index is 11.2. The van der Waals surface area contributed by atoms with E-state index < -0.39 is 29.6 Å². The second-order valence-corrected chi connectivity index (χ2v) is 10.9. The van der Waals surface area contributed by atoms with Gasteiger partial charge in [-0.2, -0.15) is 0 Å². The molecule has 0 radical (unpaired) electrons. The summed E-state index contributed by atoms with van der Waals surface area (Å²) in [5, 5.41) is 11.2. The van der Waals surface area contributed by atoms with Crippen molar-refractivity contribution in [3.8, 4) is 0 Å². The summed E-state index contributed by atoms with van der Waals surface area (Å²) >= 11 is 0. The highest BCUT2D eigenvalue weighted by molar-refractivity contribution is 5.03. The van der Waals surface area contributed by atoms with E-state index in [1.165, 1.54) is 70.6 Å². The van der Waals surface area contributed by atoms with Gasteiger partial charge in [-0.3, -0.25) is 0 Å². The quantitative estimate of drug-likeness (QED) is 0.286. The van der Waals surface area contributed by atoms with Gasteiger partial charge in [-0.1, -0.05) is 84.5 Å². The molecule has 1 N–H and O–H groups in total. The van der Waals surface area contributed by atoms with Gasteiger partial charge in [-0.05, 0) is 26.7 Å². The fourth-order valence-corrected chi connectivity index (χ4v) is 5.46. The molecule has 0 aliphatic carbocycles. The van der Waals surface area contributed by atoms with Crippen LogP contribution in [0.1, 0.15) is 124 Å². The van der Waals surface area contributed by atoms with Crippen molar-refractivity contribution in [3.63, 3.8) is 0 Å². The second-order valence-electron chi connectivity index (χ2n) is 10.9. The molecule has 0 saturated carbocycles. The Kier molecular flexibility index (Phi) is 10.5. The molecule has 3 saturated heterocycles. The van der Waals surface area contributed by atoms with Gasteiger partial charge in [-0.15, -0.1) is 0 Å². The number of aliphatic hydroxyl groups is 1. The average Bonchev–Trinajstić information content (AvgIpc) is 3.26. The van der Waals surface area contributed by atoms with E-state index in [4.69, 9.17) is 23.7 Å². The van der Waals surface area contributed by atoms with E-state index in [-0.39, 0.29) is 12.7 Å². The monoisotopic (exact) mass is 470 g/mol. The predicted octanol–water partition coefficient (Wildman–Crippen LogP) is 6.23. The third-order valence-corrected chi connectivity index (χ3v) is 7.60. The van der Waals surface area contributed by atoms with Crippen LogP contribution in [0.2, 0.25) is 0 Å². The van der Waals surface area contributed by atoms with Crippen LogP contribution in [0, 0.1) is 0 Å². The van der Waals surface area contributed by atoms with E-state index in [1.807, 2.05) is 13.8 Å². The Morgan fingerprint density at radius 1 is 0.697 bits per heavy atom. The van der Waals surface area contributed by atoms with Crippen molar-refractivity contribution < 1.29 is 28.8 Å². The third-order valence-electron chi connectivity index (χ3n) is 7.60. The lowest BCUT2D eigenvalue weighted by Gasteiger charge is -2.40. The van der Waals surface area contributed by atoms with Crippen LogP contribution in [0.4, 0.5) is 0 Å². The van der Waals surface area contributed by atoms with Gasteiger partial charge in [0, 0.05) is 12.8 Å². The molecule has 3 heterocycles. The number of hydrogen-bond acceptors (Lipinski definition) is 6. The van der Waals surface area contributed by atoms with E-state index in [1.54, 1.807) is 0 Å². The van der Waals surface area contributed by atoms with Gasteiger partial charge < -0.3 is 28.8 Å². The lowest BCUT2D eigenvalue weighted by molar-refractivity contribution is -0.314. The Morgan fingerprint density at radius 2 is 1.24 bits per heavy atom. The summed E-state index contributed by atoms with van der Waals surface area (Å²) < 4.78 is 31.0. The van der Waals surface area contributed by atoms with E-state index in [0.717, 1.165) is 25.7 Å². The lowest BCUT2D eigenvalue weighted by atomic mass is 10.0. The van der Waals surface area contributed by atoms with E-state index in [9.17, 15) is 5.11 Å². The number of unbranched alkanes of at least 4 members (excludes halogenated alkanes) is 11. The van der Waals surface area contributed by atoms with E-state index >= 15 is 0 Å². The largest absolute Gasteiger partial charge is 0.385 e. The minimum Gasteiger partial charge on any atom is -0.385 e. The van der Waals surface area contributed by atoms with Crippen LogP contribution in [-0.2, 0) is 23.7 Å². The molecule has 6 nitrogen and oxygen atoms in total. The first-order chi connectivity index (χ1) is 15.9. The van der Waals surface area contributed by atoms with Crippen LogP contribution in [-0.4, -0.2) is 54.0 Å². The zero-order valence-corrected chi connectivity index (χ0v) is 21.7. The Morgan fingerprint density at radius 3 is 1.85 bits per heavy atom. The maximum absolute atomic E-state index is 11.2. The first-order valence-electron chi connectivity index (χ1n) is 13.9. The molecule has 0 aromatic rings. The van der Waals surface area contributed by atoms with Crippen LogP contribution in [0.5, 0.6) is 0 Å². The molecule has 0 aromatic carbocycles. The molecule has 33 heavy (non-hydrogen) atoms. The van der Waals surface area contributed by atoms with Crippen molar-refractivity contribution in [1.82, 2.24) is 0 Å². The minimum atomic E-state index is -1.15. The SMILES string of the molecule is CCCCCCCCCC1(C)OCC2(OC3COC(C)(CCCCCCCC)OC3C2O)O1. The van der Waals surface area contributed by atoms with Crippen molar-refractivity contribution in [2.24, 2.45) is 0 Å². The smallest absolute Gasteiger partial charge is 0.224 e. The number of hydrogen-bond donors (Lipinski definition) is 1. The molecule has 3 aliphatic rings. The van der Waals surface area contributed by atoms with Gasteiger partial charge in [0.15, 0.2) is 11.6 Å². The fourth-order valence-electron chi connectivity index (χ4n) is 5.46. The lowest BCUT2D eigenvalue weighted by Crippen LogP contribution is -2.53. The van der Waals surface area contributed by atoms with Crippen molar-refractivity contribution in [1.29, 1.82) is 0 Å². The highest BCUT2D eigenvalue weighted by atomic mass is 16.9. The summed E-state index contributed by atoms with van der Waals surface area (Å²) in [6.45, 7) is 9.08. The van der Waals surface area contributed by atoms with E-state index in [0.29, 0.717) is 6.61 Å². The number of ether oxygens (including phenoxy) is 5. The molecule has 0 aromatic heterocycles. The molecule has 194 valence electrons. The highest BCUT2D eigenvalue weighted by Gasteiger charge is 2.65. The van der Waals surface area contributed by atoms with Gasteiger partial charge in [0.2, 0.25) is 5.79 Å². The molecule has 3 rings (SSSR count). The van der Waals surface area contributed by atoms with Crippen LogP contribution in [0.15, 0.2) is 0 Å². The Labute approximate surface area is 202 Å². The Balaban J connectivity index is 1.43. The minimum absolute atomic E-state index is 0.228. The molecule has 6 heteroatoms. The standard InChI is InChI=1S/C27H50O6/c1-5-7-9-11-13-15-17-19-26(4)30-21-27(33-26)24(28)23-22(31-27)20-29-25(3,32-23)18-16-14-12-10-8-6-2/h22-24,28H,5-21H2,1-4H3. The molecule has 6 atom stereocenters. The number of aliphatic hydroxyl groups excluding tert-OH is 1. The van der Waals surface area contributed by atoms with Gasteiger partial charge in [-0.25, -0.2) is 0 Å². The van der Waals surface area contributed by atoms with Gasteiger partial charge in [0.05, 0.1) is 6.61 Å². The molecule has 6 unspecified atom stereocenters. The fraction of sp³-hybridized carbons (Fsp3) is 1.00.